The maximum Gasteiger partial charge on any atom is 0.238 e. The molecule has 3 N–H and O–H groups in total. The topological polar surface area (TPSA) is 53.2 Å². The third-order valence-electron chi connectivity index (χ3n) is 3.24. The van der Waals surface area contributed by atoms with E-state index in [1.54, 1.807) is 12.1 Å². The first-order valence-corrected chi connectivity index (χ1v) is 7.28. The highest BCUT2D eigenvalue weighted by Crippen LogP contribution is 2.19. The summed E-state index contributed by atoms with van der Waals surface area (Å²) in [4.78, 5) is 11.7. The van der Waals surface area contributed by atoms with E-state index in [-0.39, 0.29) is 11.7 Å². The van der Waals surface area contributed by atoms with Crippen molar-refractivity contribution in [1.29, 1.82) is 0 Å². The third-order valence-corrected chi connectivity index (χ3v) is 3.49. The molecule has 0 aromatic heterocycles. The van der Waals surface area contributed by atoms with Crippen LogP contribution in [0.15, 0.2) is 36.4 Å². The van der Waals surface area contributed by atoms with E-state index in [0.29, 0.717) is 24.0 Å². The predicted molar refractivity (Wildman–Crippen MR) is 83.6 cm³/mol. The summed E-state index contributed by atoms with van der Waals surface area (Å²) in [6.45, 7) is 0.466. The molecule has 0 saturated heterocycles. The number of allylic oxidation sites excluding steroid dienone is 2. The van der Waals surface area contributed by atoms with Gasteiger partial charge in [0.05, 0.1) is 0 Å². The van der Waals surface area contributed by atoms with Gasteiger partial charge in [0.15, 0.2) is 5.11 Å². The summed E-state index contributed by atoms with van der Waals surface area (Å²) < 4.78 is 12.8. The number of hydrogen-bond donors (Lipinski definition) is 3. The minimum absolute atomic E-state index is 0.0857. The summed E-state index contributed by atoms with van der Waals surface area (Å²) in [6, 6.07) is 6.14. The van der Waals surface area contributed by atoms with Gasteiger partial charge in [0, 0.05) is 13.0 Å². The molecule has 0 aliphatic heterocycles. The Labute approximate surface area is 128 Å². The van der Waals surface area contributed by atoms with Gasteiger partial charge in [-0.25, -0.2) is 4.39 Å². The fourth-order valence-electron chi connectivity index (χ4n) is 2.11. The lowest BCUT2D eigenvalue weighted by Gasteiger charge is -2.13. The first kappa shape index (κ1) is 15.4. The molecule has 112 valence electrons. The number of hydrazine groups is 1. The molecule has 0 bridgehead atoms. The van der Waals surface area contributed by atoms with E-state index < -0.39 is 0 Å². The van der Waals surface area contributed by atoms with Crippen molar-refractivity contribution in [3.8, 4) is 0 Å². The van der Waals surface area contributed by atoms with E-state index in [1.165, 1.54) is 12.1 Å². The first-order valence-electron chi connectivity index (χ1n) is 6.87. The molecule has 0 fully saturated rings. The van der Waals surface area contributed by atoms with E-state index in [0.717, 1.165) is 18.4 Å². The fraction of sp³-hybridized carbons (Fsp3) is 0.333. The fourth-order valence-corrected chi connectivity index (χ4v) is 2.23. The Morgan fingerprint density at radius 1 is 1.29 bits per heavy atom. The monoisotopic (exact) mass is 307 g/mol. The van der Waals surface area contributed by atoms with Crippen LogP contribution in [0.2, 0.25) is 0 Å². The highest BCUT2D eigenvalue weighted by molar-refractivity contribution is 7.80. The number of thiocarbonyl (C=S) groups is 1. The van der Waals surface area contributed by atoms with Crippen LogP contribution < -0.4 is 16.2 Å². The Morgan fingerprint density at radius 3 is 2.71 bits per heavy atom. The van der Waals surface area contributed by atoms with Crippen LogP contribution in [-0.2, 0) is 11.3 Å². The molecule has 0 radical (unpaired) electrons. The van der Waals surface area contributed by atoms with Gasteiger partial charge < -0.3 is 5.32 Å². The summed E-state index contributed by atoms with van der Waals surface area (Å²) in [5.41, 5.74) is 6.13. The van der Waals surface area contributed by atoms with Crippen molar-refractivity contribution in [2.75, 3.05) is 0 Å². The number of rotatable bonds is 4. The van der Waals surface area contributed by atoms with Crippen molar-refractivity contribution in [2.45, 2.75) is 25.8 Å². The molecule has 0 saturated carbocycles. The van der Waals surface area contributed by atoms with Crippen molar-refractivity contribution in [3.05, 3.63) is 47.8 Å². The SMILES string of the molecule is O=C(C[C@@H]1C=CCC1)NNC(=S)NCc1ccc(F)cc1. The zero-order chi connectivity index (χ0) is 15.1. The lowest BCUT2D eigenvalue weighted by molar-refractivity contribution is -0.122. The predicted octanol–water partition coefficient (Wildman–Crippen LogP) is 2.18. The maximum absolute atomic E-state index is 12.8. The number of hydrogen-bond acceptors (Lipinski definition) is 2. The van der Waals surface area contributed by atoms with E-state index in [4.69, 9.17) is 12.2 Å². The molecule has 1 atom stereocenters. The van der Waals surface area contributed by atoms with Gasteiger partial charge in [-0.3, -0.25) is 15.6 Å². The Bertz CT molecular complexity index is 530. The molecule has 21 heavy (non-hydrogen) atoms. The number of halogens is 1. The third kappa shape index (κ3) is 5.51. The number of carbonyl (C=O) groups excluding carboxylic acids is 1. The van der Waals surface area contributed by atoms with Crippen molar-refractivity contribution >= 4 is 23.2 Å². The van der Waals surface area contributed by atoms with Crippen LogP contribution in [-0.4, -0.2) is 11.0 Å². The van der Waals surface area contributed by atoms with Gasteiger partial charge in [0.2, 0.25) is 5.91 Å². The molecule has 1 amide bonds. The molecule has 1 aromatic carbocycles. The van der Waals surface area contributed by atoms with Gasteiger partial charge >= 0.3 is 0 Å². The van der Waals surface area contributed by atoms with Gasteiger partial charge in [0.25, 0.3) is 0 Å². The normalized spacial score (nSPS) is 16.5. The highest BCUT2D eigenvalue weighted by Gasteiger charge is 2.13. The Balaban J connectivity index is 1.63. The molecule has 6 heteroatoms. The van der Waals surface area contributed by atoms with Crippen LogP contribution in [0.1, 0.15) is 24.8 Å². The second kappa shape index (κ2) is 7.73. The van der Waals surface area contributed by atoms with Gasteiger partial charge in [-0.05, 0) is 48.7 Å². The average Bonchev–Trinajstić information content (AvgIpc) is 2.97. The Hall–Kier alpha value is -1.95. The van der Waals surface area contributed by atoms with Crippen LogP contribution in [0, 0.1) is 11.7 Å². The van der Waals surface area contributed by atoms with Gasteiger partial charge in [-0.1, -0.05) is 24.3 Å². The average molecular weight is 307 g/mol. The number of benzene rings is 1. The molecule has 0 unspecified atom stereocenters. The summed E-state index contributed by atoms with van der Waals surface area (Å²) in [5.74, 6) is -0.0299. The van der Waals surface area contributed by atoms with Crippen LogP contribution in [0.25, 0.3) is 0 Å². The van der Waals surface area contributed by atoms with Crippen LogP contribution in [0.4, 0.5) is 4.39 Å². The second-order valence-corrected chi connectivity index (χ2v) is 5.36. The minimum Gasteiger partial charge on any atom is -0.357 e. The van der Waals surface area contributed by atoms with Crippen molar-refractivity contribution < 1.29 is 9.18 Å². The zero-order valence-corrected chi connectivity index (χ0v) is 12.4. The first-order chi connectivity index (χ1) is 10.1. The largest absolute Gasteiger partial charge is 0.357 e. The lowest BCUT2D eigenvalue weighted by atomic mass is 10.1. The molecule has 0 spiro atoms. The summed E-state index contributed by atoms with van der Waals surface area (Å²) >= 11 is 5.06. The Morgan fingerprint density at radius 2 is 2.05 bits per heavy atom. The van der Waals surface area contributed by atoms with Crippen molar-refractivity contribution in [3.63, 3.8) is 0 Å². The summed E-state index contributed by atoms with van der Waals surface area (Å²) in [7, 11) is 0. The van der Waals surface area contributed by atoms with E-state index in [1.807, 2.05) is 0 Å². The van der Waals surface area contributed by atoms with Crippen molar-refractivity contribution in [2.24, 2.45) is 5.92 Å². The molecule has 1 aromatic rings. The molecule has 0 heterocycles. The lowest BCUT2D eigenvalue weighted by Crippen LogP contribution is -2.46. The van der Waals surface area contributed by atoms with Gasteiger partial charge in [-0.2, -0.15) is 0 Å². The number of amides is 1. The van der Waals surface area contributed by atoms with Crippen LogP contribution in [0.3, 0.4) is 0 Å². The molecular formula is C15H18FN3OS. The van der Waals surface area contributed by atoms with Crippen molar-refractivity contribution in [1.82, 2.24) is 16.2 Å². The zero-order valence-electron chi connectivity index (χ0n) is 11.6. The molecule has 1 aliphatic carbocycles. The Kier molecular flexibility index (Phi) is 5.68. The van der Waals surface area contributed by atoms with E-state index >= 15 is 0 Å². The van der Waals surface area contributed by atoms with Crippen LogP contribution in [0.5, 0.6) is 0 Å². The molecule has 4 nitrogen and oxygen atoms in total. The smallest absolute Gasteiger partial charge is 0.238 e. The van der Waals surface area contributed by atoms with Gasteiger partial charge in [0.1, 0.15) is 5.82 Å². The molecule has 1 aliphatic rings. The minimum atomic E-state index is -0.271. The highest BCUT2D eigenvalue weighted by atomic mass is 32.1. The standard InChI is InChI=1S/C15H18FN3OS/c16-13-7-5-12(6-8-13)10-17-15(21)19-18-14(20)9-11-3-1-2-4-11/h1,3,5-8,11H,2,4,9-10H2,(H,18,20)(H2,17,19,21)/t11-/m1/s1. The number of nitrogens with one attached hydrogen (secondary N) is 3. The summed E-state index contributed by atoms with van der Waals surface area (Å²) in [6.07, 6.45) is 6.71. The van der Waals surface area contributed by atoms with Crippen LogP contribution >= 0.6 is 12.2 Å². The second-order valence-electron chi connectivity index (χ2n) is 4.95. The maximum atomic E-state index is 12.8. The quantitative estimate of drug-likeness (QED) is 0.453. The number of carbonyl (C=O) groups is 1. The molecular weight excluding hydrogens is 289 g/mol. The van der Waals surface area contributed by atoms with E-state index in [2.05, 4.69) is 28.3 Å². The molecule has 2 rings (SSSR count). The van der Waals surface area contributed by atoms with Gasteiger partial charge in [-0.15, -0.1) is 0 Å². The van der Waals surface area contributed by atoms with E-state index in [9.17, 15) is 9.18 Å². The summed E-state index contributed by atoms with van der Waals surface area (Å²) in [5, 5.41) is 3.26.